The first-order valence-electron chi connectivity index (χ1n) is 7.39. The van der Waals surface area contributed by atoms with Crippen molar-refractivity contribution in [2.45, 2.75) is 46.2 Å². The highest BCUT2D eigenvalue weighted by atomic mass is 16.1. The molecule has 112 valence electrons. The average Bonchev–Trinajstić information content (AvgIpc) is 2.48. The quantitative estimate of drug-likeness (QED) is 0.916. The molecule has 0 amide bonds. The van der Waals surface area contributed by atoms with E-state index < -0.39 is 0 Å². The summed E-state index contributed by atoms with van der Waals surface area (Å²) in [6.07, 6.45) is 1.45. The van der Waals surface area contributed by atoms with Gasteiger partial charge in [0.1, 0.15) is 5.82 Å². The Kier molecular flexibility index (Phi) is 4.91. The third-order valence-electron chi connectivity index (χ3n) is 3.83. The maximum absolute atomic E-state index is 12.7. The molecule has 0 bridgehead atoms. The number of rotatable bonds is 5. The summed E-state index contributed by atoms with van der Waals surface area (Å²) in [7, 11) is 0. The molecule has 0 radical (unpaired) electrons. The van der Waals surface area contributed by atoms with E-state index >= 15 is 0 Å². The summed E-state index contributed by atoms with van der Waals surface area (Å²) in [4.78, 5) is 17.3. The molecule has 2 aromatic rings. The first-order valence-corrected chi connectivity index (χ1v) is 7.39. The fourth-order valence-electron chi connectivity index (χ4n) is 2.42. The standard InChI is InChI=1S/C17H23N3O/c1-4-15(18)11-20-13(3)19-12(2)16(17(20)21)10-14-8-6-5-7-9-14/h5-9,15H,4,10-11,18H2,1-3H3. The summed E-state index contributed by atoms with van der Waals surface area (Å²) in [6, 6.07) is 9.98. The van der Waals surface area contributed by atoms with Crippen LogP contribution in [0.25, 0.3) is 0 Å². The molecular weight excluding hydrogens is 262 g/mol. The Morgan fingerprint density at radius 2 is 1.90 bits per heavy atom. The van der Waals surface area contributed by atoms with Crippen molar-refractivity contribution in [2.75, 3.05) is 0 Å². The van der Waals surface area contributed by atoms with Crippen LogP contribution in [-0.4, -0.2) is 15.6 Å². The van der Waals surface area contributed by atoms with Gasteiger partial charge in [-0.1, -0.05) is 37.3 Å². The maximum atomic E-state index is 12.7. The molecule has 2 rings (SSSR count). The van der Waals surface area contributed by atoms with Crippen molar-refractivity contribution in [3.63, 3.8) is 0 Å². The number of aromatic nitrogens is 2. The van der Waals surface area contributed by atoms with E-state index in [0.717, 1.165) is 29.1 Å². The minimum atomic E-state index is -0.0181. The Bertz CT molecular complexity index is 662. The van der Waals surface area contributed by atoms with Crippen molar-refractivity contribution in [3.05, 3.63) is 63.3 Å². The van der Waals surface area contributed by atoms with Crippen LogP contribution >= 0.6 is 0 Å². The molecule has 0 aliphatic carbocycles. The van der Waals surface area contributed by atoms with Gasteiger partial charge in [0.15, 0.2) is 0 Å². The lowest BCUT2D eigenvalue weighted by molar-refractivity contribution is 0.507. The van der Waals surface area contributed by atoms with Crippen LogP contribution in [-0.2, 0) is 13.0 Å². The Labute approximate surface area is 125 Å². The van der Waals surface area contributed by atoms with Crippen LogP contribution in [0.5, 0.6) is 0 Å². The number of nitrogens with zero attached hydrogens (tertiary/aromatic N) is 2. The van der Waals surface area contributed by atoms with Crippen molar-refractivity contribution < 1.29 is 0 Å². The van der Waals surface area contributed by atoms with Crippen LogP contribution in [0.1, 0.15) is 36.0 Å². The monoisotopic (exact) mass is 285 g/mol. The molecule has 0 saturated heterocycles. The largest absolute Gasteiger partial charge is 0.326 e. The summed E-state index contributed by atoms with van der Waals surface area (Å²) < 4.78 is 1.71. The third-order valence-corrected chi connectivity index (χ3v) is 3.83. The fraction of sp³-hybridized carbons (Fsp3) is 0.412. The van der Waals surface area contributed by atoms with Gasteiger partial charge in [0.25, 0.3) is 5.56 Å². The van der Waals surface area contributed by atoms with Gasteiger partial charge in [0.05, 0.1) is 0 Å². The molecule has 0 aliphatic heterocycles. The van der Waals surface area contributed by atoms with Gasteiger partial charge in [0.2, 0.25) is 0 Å². The van der Waals surface area contributed by atoms with Gasteiger partial charge >= 0.3 is 0 Å². The highest BCUT2D eigenvalue weighted by Gasteiger charge is 2.14. The van der Waals surface area contributed by atoms with Gasteiger partial charge in [-0.05, 0) is 25.8 Å². The van der Waals surface area contributed by atoms with E-state index in [2.05, 4.69) is 4.98 Å². The molecule has 1 heterocycles. The molecule has 0 fully saturated rings. The molecule has 4 heteroatoms. The van der Waals surface area contributed by atoms with Gasteiger partial charge in [-0.25, -0.2) is 4.98 Å². The van der Waals surface area contributed by atoms with Crippen LogP contribution in [0.4, 0.5) is 0 Å². The first kappa shape index (κ1) is 15.4. The third kappa shape index (κ3) is 3.58. The van der Waals surface area contributed by atoms with Gasteiger partial charge in [-0.3, -0.25) is 9.36 Å². The normalized spacial score (nSPS) is 12.4. The van der Waals surface area contributed by atoms with Crippen molar-refractivity contribution in [3.8, 4) is 0 Å². The number of nitrogens with two attached hydrogens (primary N) is 1. The average molecular weight is 285 g/mol. The summed E-state index contributed by atoms with van der Waals surface area (Å²) in [6.45, 7) is 6.31. The van der Waals surface area contributed by atoms with Crippen LogP contribution in [0.15, 0.2) is 35.1 Å². The summed E-state index contributed by atoms with van der Waals surface area (Å²) in [5.41, 5.74) is 8.72. The van der Waals surface area contributed by atoms with E-state index in [0.29, 0.717) is 13.0 Å². The molecule has 1 aromatic heterocycles. The zero-order chi connectivity index (χ0) is 15.4. The Hall–Kier alpha value is -1.94. The number of hydrogen-bond acceptors (Lipinski definition) is 3. The second-order valence-electron chi connectivity index (χ2n) is 5.47. The van der Waals surface area contributed by atoms with Crippen LogP contribution < -0.4 is 11.3 Å². The highest BCUT2D eigenvalue weighted by molar-refractivity contribution is 5.27. The van der Waals surface area contributed by atoms with E-state index in [1.54, 1.807) is 4.57 Å². The zero-order valence-electron chi connectivity index (χ0n) is 13.0. The molecule has 4 nitrogen and oxygen atoms in total. The predicted octanol–water partition coefficient (Wildman–Crippen LogP) is 2.19. The van der Waals surface area contributed by atoms with Crippen LogP contribution in [0, 0.1) is 13.8 Å². The summed E-state index contributed by atoms with van der Waals surface area (Å²) in [5.74, 6) is 0.734. The van der Waals surface area contributed by atoms with Gasteiger partial charge in [0, 0.05) is 30.3 Å². The fourth-order valence-corrected chi connectivity index (χ4v) is 2.42. The molecule has 0 spiro atoms. The topological polar surface area (TPSA) is 60.9 Å². The molecule has 21 heavy (non-hydrogen) atoms. The van der Waals surface area contributed by atoms with Crippen LogP contribution in [0.2, 0.25) is 0 Å². The molecule has 1 unspecified atom stereocenters. The Morgan fingerprint density at radius 1 is 1.24 bits per heavy atom. The second kappa shape index (κ2) is 6.68. The van der Waals surface area contributed by atoms with E-state index in [1.807, 2.05) is 51.1 Å². The van der Waals surface area contributed by atoms with E-state index in [4.69, 9.17) is 5.73 Å². The predicted molar refractivity (Wildman–Crippen MR) is 85.5 cm³/mol. The van der Waals surface area contributed by atoms with Crippen molar-refractivity contribution in [1.29, 1.82) is 0 Å². The lowest BCUT2D eigenvalue weighted by Gasteiger charge is -2.16. The number of hydrogen-bond donors (Lipinski definition) is 1. The summed E-state index contributed by atoms with van der Waals surface area (Å²) >= 11 is 0. The second-order valence-corrected chi connectivity index (χ2v) is 5.47. The van der Waals surface area contributed by atoms with Gasteiger partial charge in [-0.2, -0.15) is 0 Å². The number of benzene rings is 1. The molecule has 1 aromatic carbocycles. The minimum absolute atomic E-state index is 0.0181. The van der Waals surface area contributed by atoms with E-state index in [9.17, 15) is 4.79 Å². The summed E-state index contributed by atoms with van der Waals surface area (Å²) in [5, 5.41) is 0. The first-order chi connectivity index (χ1) is 10.0. The SMILES string of the molecule is CCC(N)Cn1c(C)nc(C)c(Cc2ccccc2)c1=O. The van der Waals surface area contributed by atoms with Crippen molar-refractivity contribution in [1.82, 2.24) is 9.55 Å². The van der Waals surface area contributed by atoms with E-state index in [-0.39, 0.29) is 11.6 Å². The van der Waals surface area contributed by atoms with Crippen LogP contribution in [0.3, 0.4) is 0 Å². The maximum Gasteiger partial charge on any atom is 0.257 e. The Balaban J connectivity index is 2.42. The molecule has 0 aliphatic rings. The van der Waals surface area contributed by atoms with E-state index in [1.165, 1.54) is 0 Å². The highest BCUT2D eigenvalue weighted by Crippen LogP contribution is 2.10. The molecule has 2 N–H and O–H groups in total. The molecule has 1 atom stereocenters. The lowest BCUT2D eigenvalue weighted by Crippen LogP contribution is -2.35. The van der Waals surface area contributed by atoms with Crippen molar-refractivity contribution >= 4 is 0 Å². The lowest BCUT2D eigenvalue weighted by atomic mass is 10.0. The minimum Gasteiger partial charge on any atom is -0.326 e. The van der Waals surface area contributed by atoms with Gasteiger partial charge < -0.3 is 5.73 Å². The Morgan fingerprint density at radius 3 is 2.52 bits per heavy atom. The molecule has 0 saturated carbocycles. The smallest absolute Gasteiger partial charge is 0.257 e. The number of aryl methyl sites for hydroxylation is 2. The molecular formula is C17H23N3O. The zero-order valence-corrected chi connectivity index (χ0v) is 13.0. The van der Waals surface area contributed by atoms with Crippen molar-refractivity contribution in [2.24, 2.45) is 5.73 Å². The van der Waals surface area contributed by atoms with Gasteiger partial charge in [-0.15, -0.1) is 0 Å².